The summed E-state index contributed by atoms with van der Waals surface area (Å²) in [6, 6.07) is 5.10. The first-order chi connectivity index (χ1) is 9.04. The molecular formula is C12H12N2O5. The van der Waals surface area contributed by atoms with Gasteiger partial charge in [0.25, 0.3) is 5.91 Å². The zero-order valence-corrected chi connectivity index (χ0v) is 9.93. The van der Waals surface area contributed by atoms with Crippen LogP contribution in [0.3, 0.4) is 0 Å². The fraction of sp³-hybridized carbons (Fsp3) is 0.250. The molecular weight excluding hydrogens is 252 g/mol. The van der Waals surface area contributed by atoms with Gasteiger partial charge in [-0.3, -0.25) is 14.4 Å². The third kappa shape index (κ3) is 3.44. The second kappa shape index (κ2) is 5.38. The standard InChI is InChI=1S/C12H12N2O5/c15-10(4-12(17)18)13-5-7-1-2-9-8(3-7)14-11(16)6-19-9/h1-3H,4-6H2,(H,13,15)(H,14,16)(H,17,18). The Hall–Kier alpha value is -2.57. The summed E-state index contributed by atoms with van der Waals surface area (Å²) in [6.45, 7) is 0.178. The Bertz CT molecular complexity index is 541. The van der Waals surface area contributed by atoms with Gasteiger partial charge in [0.2, 0.25) is 5.91 Å². The van der Waals surface area contributed by atoms with Gasteiger partial charge in [-0.25, -0.2) is 0 Å². The van der Waals surface area contributed by atoms with Crippen LogP contribution in [0.25, 0.3) is 0 Å². The number of benzene rings is 1. The number of carboxylic acid groups (broad SMARTS) is 1. The first kappa shape index (κ1) is 12.9. The first-order valence-electron chi connectivity index (χ1n) is 5.58. The summed E-state index contributed by atoms with van der Waals surface area (Å²) in [5, 5.41) is 13.6. The van der Waals surface area contributed by atoms with Gasteiger partial charge in [-0.1, -0.05) is 6.07 Å². The Balaban J connectivity index is 1.98. The van der Waals surface area contributed by atoms with Gasteiger partial charge in [-0.05, 0) is 17.7 Å². The number of nitrogens with one attached hydrogen (secondary N) is 2. The van der Waals surface area contributed by atoms with Crippen LogP contribution in [-0.4, -0.2) is 29.5 Å². The number of carbonyl (C=O) groups excluding carboxylic acids is 2. The van der Waals surface area contributed by atoms with Crippen LogP contribution in [0.5, 0.6) is 5.75 Å². The number of fused-ring (bicyclic) bond motifs is 1. The highest BCUT2D eigenvalue weighted by Crippen LogP contribution is 2.28. The lowest BCUT2D eigenvalue weighted by Gasteiger charge is -2.18. The molecule has 0 radical (unpaired) electrons. The van der Waals surface area contributed by atoms with E-state index in [0.29, 0.717) is 11.4 Å². The highest BCUT2D eigenvalue weighted by atomic mass is 16.5. The molecule has 2 amide bonds. The van der Waals surface area contributed by atoms with E-state index >= 15 is 0 Å². The molecule has 0 spiro atoms. The summed E-state index contributed by atoms with van der Waals surface area (Å²) < 4.78 is 5.19. The largest absolute Gasteiger partial charge is 0.482 e. The Morgan fingerprint density at radius 1 is 1.42 bits per heavy atom. The fourth-order valence-corrected chi connectivity index (χ4v) is 1.64. The average molecular weight is 264 g/mol. The van der Waals surface area contributed by atoms with Crippen LogP contribution in [0.15, 0.2) is 18.2 Å². The summed E-state index contributed by atoms with van der Waals surface area (Å²) in [7, 11) is 0. The molecule has 0 fully saturated rings. The van der Waals surface area contributed by atoms with Gasteiger partial charge in [0, 0.05) is 6.54 Å². The molecule has 0 unspecified atom stereocenters. The van der Waals surface area contributed by atoms with Crippen molar-refractivity contribution in [2.75, 3.05) is 11.9 Å². The lowest BCUT2D eigenvalue weighted by molar-refractivity contribution is -0.140. The summed E-state index contributed by atoms with van der Waals surface area (Å²) in [6.07, 6.45) is -0.565. The molecule has 0 saturated heterocycles. The van der Waals surface area contributed by atoms with Crippen molar-refractivity contribution in [3.8, 4) is 5.75 Å². The fourth-order valence-electron chi connectivity index (χ4n) is 1.64. The van der Waals surface area contributed by atoms with Crippen molar-refractivity contribution in [3.63, 3.8) is 0 Å². The summed E-state index contributed by atoms with van der Waals surface area (Å²) >= 11 is 0. The van der Waals surface area contributed by atoms with E-state index in [4.69, 9.17) is 9.84 Å². The molecule has 0 atom stereocenters. The van der Waals surface area contributed by atoms with Crippen LogP contribution in [0.2, 0.25) is 0 Å². The maximum Gasteiger partial charge on any atom is 0.312 e. The number of ether oxygens (including phenoxy) is 1. The molecule has 3 N–H and O–H groups in total. The molecule has 1 aliphatic heterocycles. The predicted octanol–water partition coefficient (Wildman–Crippen LogP) is 0.108. The molecule has 0 aliphatic carbocycles. The molecule has 1 aromatic rings. The van der Waals surface area contributed by atoms with Crippen molar-refractivity contribution in [2.45, 2.75) is 13.0 Å². The van der Waals surface area contributed by atoms with Crippen molar-refractivity contribution >= 4 is 23.5 Å². The molecule has 7 nitrogen and oxygen atoms in total. The molecule has 0 aromatic heterocycles. The maximum atomic E-state index is 11.2. The van der Waals surface area contributed by atoms with Gasteiger partial charge in [0.15, 0.2) is 6.61 Å². The Kier molecular flexibility index (Phi) is 3.65. The monoisotopic (exact) mass is 264 g/mol. The Labute approximate surface area is 108 Å². The molecule has 1 aromatic carbocycles. The van der Waals surface area contributed by atoms with E-state index in [9.17, 15) is 14.4 Å². The topological polar surface area (TPSA) is 105 Å². The number of rotatable bonds is 4. The zero-order chi connectivity index (χ0) is 13.8. The van der Waals surface area contributed by atoms with Gasteiger partial charge in [0.05, 0.1) is 5.69 Å². The second-order valence-electron chi connectivity index (χ2n) is 4.01. The van der Waals surface area contributed by atoms with Crippen LogP contribution >= 0.6 is 0 Å². The molecule has 2 rings (SSSR count). The third-order valence-corrected chi connectivity index (χ3v) is 2.48. The number of carboxylic acids is 1. The van der Waals surface area contributed by atoms with Crippen molar-refractivity contribution < 1.29 is 24.2 Å². The van der Waals surface area contributed by atoms with Crippen LogP contribution in [0.4, 0.5) is 5.69 Å². The predicted molar refractivity (Wildman–Crippen MR) is 64.7 cm³/mol. The molecule has 19 heavy (non-hydrogen) atoms. The number of hydrogen-bond donors (Lipinski definition) is 3. The quantitative estimate of drug-likeness (QED) is 0.669. The van der Waals surface area contributed by atoms with Crippen LogP contribution in [-0.2, 0) is 20.9 Å². The van der Waals surface area contributed by atoms with Crippen LogP contribution in [0, 0.1) is 0 Å². The second-order valence-corrected chi connectivity index (χ2v) is 4.01. The van der Waals surface area contributed by atoms with Gasteiger partial charge in [-0.2, -0.15) is 0 Å². The lowest BCUT2D eigenvalue weighted by Crippen LogP contribution is -2.27. The maximum absolute atomic E-state index is 11.2. The minimum Gasteiger partial charge on any atom is -0.482 e. The van der Waals surface area contributed by atoms with E-state index in [-0.39, 0.29) is 19.1 Å². The normalized spacial score (nSPS) is 12.9. The van der Waals surface area contributed by atoms with Gasteiger partial charge < -0.3 is 20.5 Å². The highest BCUT2D eigenvalue weighted by molar-refractivity contribution is 5.95. The molecule has 0 bridgehead atoms. The number of anilines is 1. The number of aliphatic carboxylic acids is 1. The van der Waals surface area contributed by atoms with Crippen LogP contribution < -0.4 is 15.4 Å². The zero-order valence-electron chi connectivity index (χ0n) is 9.93. The van der Waals surface area contributed by atoms with Crippen molar-refractivity contribution in [1.29, 1.82) is 0 Å². The number of hydrogen-bond acceptors (Lipinski definition) is 4. The Morgan fingerprint density at radius 3 is 2.95 bits per heavy atom. The minimum absolute atomic E-state index is 0.0122. The van der Waals surface area contributed by atoms with Crippen LogP contribution in [0.1, 0.15) is 12.0 Å². The minimum atomic E-state index is -1.18. The first-order valence-corrected chi connectivity index (χ1v) is 5.58. The summed E-state index contributed by atoms with van der Waals surface area (Å²) in [5.41, 5.74) is 1.28. The highest BCUT2D eigenvalue weighted by Gasteiger charge is 2.16. The number of carbonyl (C=O) groups is 3. The van der Waals surface area contributed by atoms with E-state index < -0.39 is 18.3 Å². The molecule has 100 valence electrons. The molecule has 1 heterocycles. The number of amides is 2. The van der Waals surface area contributed by atoms with E-state index in [2.05, 4.69) is 10.6 Å². The SMILES string of the molecule is O=C(O)CC(=O)NCc1ccc2c(c1)NC(=O)CO2. The van der Waals surface area contributed by atoms with Crippen molar-refractivity contribution in [1.82, 2.24) is 5.32 Å². The Morgan fingerprint density at radius 2 is 2.21 bits per heavy atom. The molecule has 7 heteroatoms. The molecule has 0 saturated carbocycles. The molecule has 1 aliphatic rings. The van der Waals surface area contributed by atoms with Gasteiger partial charge >= 0.3 is 5.97 Å². The van der Waals surface area contributed by atoms with Gasteiger partial charge in [0.1, 0.15) is 12.2 Å². The smallest absolute Gasteiger partial charge is 0.312 e. The third-order valence-electron chi connectivity index (χ3n) is 2.48. The van der Waals surface area contributed by atoms with E-state index in [1.165, 1.54) is 0 Å². The van der Waals surface area contributed by atoms with Gasteiger partial charge in [-0.15, -0.1) is 0 Å². The average Bonchev–Trinajstić information content (AvgIpc) is 2.35. The summed E-state index contributed by atoms with van der Waals surface area (Å²) in [5.74, 6) is -1.41. The summed E-state index contributed by atoms with van der Waals surface area (Å²) in [4.78, 5) is 32.7. The van der Waals surface area contributed by atoms with E-state index in [0.717, 1.165) is 5.56 Å². The van der Waals surface area contributed by atoms with E-state index in [1.54, 1.807) is 18.2 Å². The lowest BCUT2D eigenvalue weighted by atomic mass is 10.1. The van der Waals surface area contributed by atoms with Crippen molar-refractivity contribution in [2.24, 2.45) is 0 Å². The van der Waals surface area contributed by atoms with Crippen molar-refractivity contribution in [3.05, 3.63) is 23.8 Å². The van der Waals surface area contributed by atoms with E-state index in [1.807, 2.05) is 0 Å².